The number of piperidine rings is 1. The zero-order valence-electron chi connectivity index (χ0n) is 13.1. The van der Waals surface area contributed by atoms with E-state index >= 15 is 0 Å². The van der Waals surface area contributed by atoms with E-state index in [9.17, 15) is 19.1 Å². The number of amides is 2. The summed E-state index contributed by atoms with van der Waals surface area (Å²) in [6.45, 7) is 3.30. The van der Waals surface area contributed by atoms with Gasteiger partial charge in [0.05, 0.1) is 12.6 Å². The molecule has 23 heavy (non-hydrogen) atoms. The quantitative estimate of drug-likeness (QED) is 0.750. The Kier molecular flexibility index (Phi) is 5.54. The third kappa shape index (κ3) is 4.66. The molecule has 2 rings (SSSR count). The van der Waals surface area contributed by atoms with E-state index in [-0.39, 0.29) is 30.3 Å². The Bertz CT molecular complexity index is 586. The molecule has 2 amide bonds. The number of nitrogens with two attached hydrogens (primary N) is 1. The second-order valence-electron chi connectivity index (χ2n) is 5.95. The highest BCUT2D eigenvalue weighted by Crippen LogP contribution is 2.21. The molecule has 1 atom stereocenters. The first kappa shape index (κ1) is 17.2. The monoisotopic (exact) mass is 323 g/mol. The predicted molar refractivity (Wildman–Crippen MR) is 83.0 cm³/mol. The second kappa shape index (κ2) is 7.41. The first-order chi connectivity index (χ1) is 10.9. The van der Waals surface area contributed by atoms with Crippen molar-refractivity contribution in [2.45, 2.75) is 25.8 Å². The summed E-state index contributed by atoms with van der Waals surface area (Å²) >= 11 is 0. The third-order valence-corrected chi connectivity index (χ3v) is 4.21. The summed E-state index contributed by atoms with van der Waals surface area (Å²) in [7, 11) is 0. The number of likely N-dealkylation sites (tertiary alicyclic amines) is 1. The minimum Gasteiger partial charge on any atom is -0.505 e. The van der Waals surface area contributed by atoms with E-state index in [1.807, 2.05) is 4.90 Å². The zero-order chi connectivity index (χ0) is 17.0. The summed E-state index contributed by atoms with van der Waals surface area (Å²) in [6.07, 6.45) is 1.34. The smallest absolute Gasteiger partial charge is 0.234 e. The normalized spacial score (nSPS) is 17.7. The van der Waals surface area contributed by atoms with Gasteiger partial charge in [0, 0.05) is 5.92 Å². The van der Waals surface area contributed by atoms with Gasteiger partial charge in [0.2, 0.25) is 11.8 Å². The van der Waals surface area contributed by atoms with Gasteiger partial charge in [-0.15, -0.1) is 0 Å². The maximum absolute atomic E-state index is 13.3. The van der Waals surface area contributed by atoms with Crippen LogP contribution in [0.5, 0.6) is 5.75 Å². The number of phenolic OH excluding ortho intramolecular Hbond substituents is 1. The zero-order valence-corrected chi connectivity index (χ0v) is 13.1. The maximum Gasteiger partial charge on any atom is 0.234 e. The predicted octanol–water partition coefficient (Wildman–Crippen LogP) is 0.906. The number of nitrogens with one attached hydrogen (secondary N) is 1. The molecule has 0 saturated carbocycles. The van der Waals surface area contributed by atoms with Crippen LogP contribution in [-0.4, -0.2) is 41.5 Å². The third-order valence-electron chi connectivity index (χ3n) is 4.21. The molecule has 4 N–H and O–H groups in total. The molecule has 0 radical (unpaired) electrons. The summed E-state index contributed by atoms with van der Waals surface area (Å²) in [5, 5.41) is 12.0. The van der Waals surface area contributed by atoms with Gasteiger partial charge in [-0.2, -0.15) is 0 Å². The molecule has 1 aliphatic heterocycles. The highest BCUT2D eigenvalue weighted by Gasteiger charge is 2.24. The molecule has 6 nitrogen and oxygen atoms in total. The van der Waals surface area contributed by atoms with Gasteiger partial charge in [-0.25, -0.2) is 4.39 Å². The van der Waals surface area contributed by atoms with Gasteiger partial charge >= 0.3 is 0 Å². The Morgan fingerprint density at radius 2 is 2.09 bits per heavy atom. The summed E-state index contributed by atoms with van der Waals surface area (Å²) in [5.74, 6) is -1.67. The van der Waals surface area contributed by atoms with E-state index in [1.165, 1.54) is 12.1 Å². The first-order valence-corrected chi connectivity index (χ1v) is 7.66. The number of hydrogen-bond acceptors (Lipinski definition) is 4. The summed E-state index contributed by atoms with van der Waals surface area (Å²) in [6, 6.07) is 3.68. The molecule has 0 unspecified atom stereocenters. The van der Waals surface area contributed by atoms with Crippen molar-refractivity contribution in [2.24, 2.45) is 11.7 Å². The Morgan fingerprint density at radius 1 is 1.43 bits per heavy atom. The standard InChI is InChI=1S/C16H22FN3O3/c1-10(12-2-3-14(21)13(17)8-12)19-15(22)9-20-6-4-11(5-7-20)16(18)23/h2-3,8,10-11,21H,4-7,9H2,1H3,(H2,18,23)(H,19,22)/t10-/m0/s1. The lowest BCUT2D eigenvalue weighted by Gasteiger charge is -2.30. The number of carbonyl (C=O) groups is 2. The summed E-state index contributed by atoms with van der Waals surface area (Å²) < 4.78 is 13.3. The van der Waals surface area contributed by atoms with Crippen molar-refractivity contribution in [3.63, 3.8) is 0 Å². The van der Waals surface area contributed by atoms with Crippen LogP contribution in [-0.2, 0) is 9.59 Å². The van der Waals surface area contributed by atoms with Gasteiger partial charge in [-0.3, -0.25) is 14.5 Å². The van der Waals surface area contributed by atoms with E-state index in [2.05, 4.69) is 5.32 Å². The van der Waals surface area contributed by atoms with Crippen LogP contribution >= 0.6 is 0 Å². The minimum absolute atomic E-state index is 0.104. The van der Waals surface area contributed by atoms with Crippen LogP contribution in [0.4, 0.5) is 4.39 Å². The Balaban J connectivity index is 1.82. The van der Waals surface area contributed by atoms with E-state index < -0.39 is 11.6 Å². The number of nitrogens with zero attached hydrogens (tertiary/aromatic N) is 1. The lowest BCUT2D eigenvalue weighted by molar-refractivity contribution is -0.124. The molecule has 7 heteroatoms. The molecular formula is C16H22FN3O3. The number of hydrogen-bond donors (Lipinski definition) is 3. The second-order valence-corrected chi connectivity index (χ2v) is 5.95. The van der Waals surface area contributed by atoms with Crippen molar-refractivity contribution in [1.82, 2.24) is 10.2 Å². The van der Waals surface area contributed by atoms with Crippen molar-refractivity contribution >= 4 is 11.8 Å². The van der Waals surface area contributed by atoms with Crippen LogP contribution in [0.3, 0.4) is 0 Å². The van der Waals surface area contributed by atoms with Gasteiger partial charge in [0.15, 0.2) is 11.6 Å². The van der Waals surface area contributed by atoms with E-state index in [0.717, 1.165) is 0 Å². The highest BCUT2D eigenvalue weighted by atomic mass is 19.1. The van der Waals surface area contributed by atoms with Gasteiger partial charge in [-0.1, -0.05) is 6.07 Å². The SMILES string of the molecule is C[C@H](NC(=O)CN1CCC(C(N)=O)CC1)c1ccc(O)c(F)c1. The summed E-state index contributed by atoms with van der Waals surface area (Å²) in [4.78, 5) is 25.2. The molecule has 1 fully saturated rings. The average molecular weight is 323 g/mol. The van der Waals surface area contributed by atoms with Crippen molar-refractivity contribution < 1.29 is 19.1 Å². The van der Waals surface area contributed by atoms with Crippen molar-refractivity contribution in [3.05, 3.63) is 29.6 Å². The number of carbonyl (C=O) groups excluding carboxylic acids is 2. The fourth-order valence-electron chi connectivity index (χ4n) is 2.74. The maximum atomic E-state index is 13.3. The van der Waals surface area contributed by atoms with Crippen LogP contribution in [0.25, 0.3) is 0 Å². The molecule has 1 heterocycles. The number of phenols is 1. The molecule has 1 aliphatic rings. The van der Waals surface area contributed by atoms with Crippen LogP contribution in [0.2, 0.25) is 0 Å². The van der Waals surface area contributed by atoms with Crippen LogP contribution in [0, 0.1) is 11.7 Å². The Labute approximate surface area is 134 Å². The van der Waals surface area contributed by atoms with Crippen molar-refractivity contribution in [2.75, 3.05) is 19.6 Å². The molecule has 0 spiro atoms. The first-order valence-electron chi connectivity index (χ1n) is 7.66. The van der Waals surface area contributed by atoms with Crippen molar-refractivity contribution in [1.29, 1.82) is 0 Å². The molecule has 1 aromatic rings. The number of halogens is 1. The average Bonchev–Trinajstić information content (AvgIpc) is 2.50. The van der Waals surface area contributed by atoms with E-state index in [4.69, 9.17) is 5.73 Å². The molecule has 0 aromatic heterocycles. The van der Waals surface area contributed by atoms with E-state index in [1.54, 1.807) is 13.0 Å². The van der Waals surface area contributed by atoms with Crippen LogP contribution < -0.4 is 11.1 Å². The van der Waals surface area contributed by atoms with E-state index in [0.29, 0.717) is 31.5 Å². The van der Waals surface area contributed by atoms with Crippen LogP contribution in [0.15, 0.2) is 18.2 Å². The van der Waals surface area contributed by atoms with Gasteiger partial charge in [0.25, 0.3) is 0 Å². The Morgan fingerprint density at radius 3 is 2.65 bits per heavy atom. The van der Waals surface area contributed by atoms with Gasteiger partial charge in [-0.05, 0) is 50.6 Å². The molecule has 1 saturated heterocycles. The topological polar surface area (TPSA) is 95.7 Å². The molecule has 126 valence electrons. The lowest BCUT2D eigenvalue weighted by atomic mass is 9.96. The number of benzene rings is 1. The highest BCUT2D eigenvalue weighted by molar-refractivity contribution is 5.79. The summed E-state index contributed by atoms with van der Waals surface area (Å²) in [5.41, 5.74) is 5.87. The fourth-order valence-corrected chi connectivity index (χ4v) is 2.74. The molecule has 1 aromatic carbocycles. The Hall–Kier alpha value is -2.15. The van der Waals surface area contributed by atoms with Gasteiger partial charge in [0.1, 0.15) is 0 Å². The van der Waals surface area contributed by atoms with Crippen molar-refractivity contribution in [3.8, 4) is 5.75 Å². The van der Waals surface area contributed by atoms with Gasteiger partial charge < -0.3 is 16.2 Å². The molecule has 0 bridgehead atoms. The number of rotatable bonds is 5. The molecule has 0 aliphatic carbocycles. The lowest BCUT2D eigenvalue weighted by Crippen LogP contribution is -2.44. The minimum atomic E-state index is -0.711. The molecular weight excluding hydrogens is 301 g/mol. The fraction of sp³-hybridized carbons (Fsp3) is 0.500. The van der Waals surface area contributed by atoms with Crippen LogP contribution in [0.1, 0.15) is 31.4 Å². The number of aromatic hydroxyl groups is 1. The number of primary amides is 1. The largest absolute Gasteiger partial charge is 0.505 e.